The second-order valence-electron chi connectivity index (χ2n) is 4.39. The molecule has 0 bridgehead atoms. The molecule has 0 heterocycles. The third-order valence-corrected chi connectivity index (χ3v) is 2.88. The van der Waals surface area contributed by atoms with Crippen LogP contribution in [0.2, 0.25) is 0 Å². The molecular weight excluding hydrogens is 218 g/mol. The molecule has 0 aromatic heterocycles. The molecular formula is C12H19N3O2. The number of hydrogen-bond acceptors (Lipinski definition) is 4. The van der Waals surface area contributed by atoms with E-state index in [-0.39, 0.29) is 28.7 Å². The highest BCUT2D eigenvalue weighted by Crippen LogP contribution is 2.19. The van der Waals surface area contributed by atoms with Gasteiger partial charge in [-0.05, 0) is 26.3 Å². The molecule has 0 aliphatic carbocycles. The van der Waals surface area contributed by atoms with Crippen LogP contribution in [0.5, 0.6) is 0 Å². The summed E-state index contributed by atoms with van der Waals surface area (Å²) in [6, 6.07) is 6.88. The monoisotopic (exact) mass is 237 g/mol. The second kappa shape index (κ2) is 5.75. The molecule has 5 heteroatoms. The molecule has 3 atom stereocenters. The van der Waals surface area contributed by atoms with E-state index < -0.39 is 0 Å². The van der Waals surface area contributed by atoms with Gasteiger partial charge in [-0.3, -0.25) is 10.1 Å². The van der Waals surface area contributed by atoms with Gasteiger partial charge in [0, 0.05) is 30.3 Å². The summed E-state index contributed by atoms with van der Waals surface area (Å²) in [5.74, 6) is 0. The van der Waals surface area contributed by atoms with E-state index in [1.807, 2.05) is 26.8 Å². The van der Waals surface area contributed by atoms with Gasteiger partial charge >= 0.3 is 0 Å². The average molecular weight is 237 g/mol. The summed E-state index contributed by atoms with van der Waals surface area (Å²) in [6.45, 7) is 5.90. The van der Waals surface area contributed by atoms with E-state index in [2.05, 4.69) is 5.32 Å². The van der Waals surface area contributed by atoms with Crippen LogP contribution in [0.1, 0.15) is 32.4 Å². The van der Waals surface area contributed by atoms with Crippen molar-refractivity contribution in [1.82, 2.24) is 5.32 Å². The highest BCUT2D eigenvalue weighted by molar-refractivity contribution is 5.35. The van der Waals surface area contributed by atoms with Gasteiger partial charge < -0.3 is 11.1 Å². The van der Waals surface area contributed by atoms with Crippen LogP contribution in [0.25, 0.3) is 0 Å². The zero-order valence-electron chi connectivity index (χ0n) is 10.4. The van der Waals surface area contributed by atoms with Gasteiger partial charge in [-0.25, -0.2) is 0 Å². The fraction of sp³-hybridized carbons (Fsp3) is 0.500. The molecule has 0 saturated heterocycles. The standard InChI is InChI=1S/C12H19N3O2/c1-8(13)9(2)14-10(3)11-5-4-6-12(7-11)15(16)17/h4-10,14H,13H2,1-3H3. The lowest BCUT2D eigenvalue weighted by atomic mass is 10.1. The van der Waals surface area contributed by atoms with Gasteiger partial charge in [-0.15, -0.1) is 0 Å². The number of rotatable bonds is 5. The second-order valence-corrected chi connectivity index (χ2v) is 4.39. The molecule has 0 saturated carbocycles. The fourth-order valence-corrected chi connectivity index (χ4v) is 1.55. The Kier molecular flexibility index (Phi) is 4.60. The van der Waals surface area contributed by atoms with Crippen molar-refractivity contribution in [2.75, 3.05) is 0 Å². The van der Waals surface area contributed by atoms with Crippen molar-refractivity contribution in [3.8, 4) is 0 Å². The van der Waals surface area contributed by atoms with Crippen molar-refractivity contribution < 1.29 is 4.92 Å². The van der Waals surface area contributed by atoms with E-state index in [0.29, 0.717) is 0 Å². The predicted molar refractivity (Wildman–Crippen MR) is 67.8 cm³/mol. The van der Waals surface area contributed by atoms with Crippen LogP contribution in [0.4, 0.5) is 5.69 Å². The van der Waals surface area contributed by atoms with Gasteiger partial charge in [-0.1, -0.05) is 12.1 Å². The fourth-order valence-electron chi connectivity index (χ4n) is 1.55. The number of nitrogens with one attached hydrogen (secondary N) is 1. The molecule has 1 rings (SSSR count). The van der Waals surface area contributed by atoms with Gasteiger partial charge in [0.25, 0.3) is 5.69 Å². The zero-order chi connectivity index (χ0) is 13.0. The molecule has 94 valence electrons. The summed E-state index contributed by atoms with van der Waals surface area (Å²) in [5.41, 5.74) is 6.78. The van der Waals surface area contributed by atoms with Crippen molar-refractivity contribution >= 4 is 5.69 Å². The molecule has 3 unspecified atom stereocenters. The first-order valence-electron chi connectivity index (χ1n) is 5.67. The first-order chi connectivity index (χ1) is 7.91. The Morgan fingerprint density at radius 2 is 2.00 bits per heavy atom. The maximum absolute atomic E-state index is 10.7. The number of nitrogens with two attached hydrogens (primary N) is 1. The number of hydrogen-bond donors (Lipinski definition) is 2. The third kappa shape index (κ3) is 3.80. The van der Waals surface area contributed by atoms with E-state index in [4.69, 9.17) is 5.73 Å². The summed E-state index contributed by atoms with van der Waals surface area (Å²) in [6.07, 6.45) is 0. The molecule has 0 aliphatic rings. The highest BCUT2D eigenvalue weighted by Gasteiger charge is 2.14. The van der Waals surface area contributed by atoms with Crippen LogP contribution in [-0.4, -0.2) is 17.0 Å². The van der Waals surface area contributed by atoms with Gasteiger partial charge in [-0.2, -0.15) is 0 Å². The minimum Gasteiger partial charge on any atom is -0.327 e. The van der Waals surface area contributed by atoms with E-state index in [0.717, 1.165) is 5.56 Å². The van der Waals surface area contributed by atoms with Crippen molar-refractivity contribution in [1.29, 1.82) is 0 Å². The predicted octanol–water partition coefficient (Wildman–Crippen LogP) is 1.98. The van der Waals surface area contributed by atoms with Crippen LogP contribution >= 0.6 is 0 Å². The highest BCUT2D eigenvalue weighted by atomic mass is 16.6. The Morgan fingerprint density at radius 1 is 1.35 bits per heavy atom. The first kappa shape index (κ1) is 13.6. The summed E-state index contributed by atoms with van der Waals surface area (Å²) in [7, 11) is 0. The number of benzene rings is 1. The lowest BCUT2D eigenvalue weighted by Gasteiger charge is -2.22. The Bertz CT molecular complexity index is 393. The quantitative estimate of drug-likeness (QED) is 0.606. The summed E-state index contributed by atoms with van der Waals surface area (Å²) >= 11 is 0. The topological polar surface area (TPSA) is 81.2 Å². The maximum atomic E-state index is 10.7. The molecule has 5 nitrogen and oxygen atoms in total. The Balaban J connectivity index is 2.78. The number of nitro benzene ring substituents is 1. The molecule has 0 spiro atoms. The molecule has 0 fully saturated rings. The van der Waals surface area contributed by atoms with Crippen LogP contribution in [0.3, 0.4) is 0 Å². The minimum atomic E-state index is -0.384. The molecule has 17 heavy (non-hydrogen) atoms. The van der Waals surface area contributed by atoms with Crippen molar-refractivity contribution in [2.24, 2.45) is 5.73 Å². The minimum absolute atomic E-state index is 0.0379. The Labute approximate surface area is 101 Å². The summed E-state index contributed by atoms with van der Waals surface area (Å²) in [4.78, 5) is 10.3. The maximum Gasteiger partial charge on any atom is 0.269 e. The number of non-ortho nitro benzene ring substituents is 1. The van der Waals surface area contributed by atoms with Gasteiger partial charge in [0.1, 0.15) is 0 Å². The summed E-state index contributed by atoms with van der Waals surface area (Å²) < 4.78 is 0. The van der Waals surface area contributed by atoms with Gasteiger partial charge in [0.15, 0.2) is 0 Å². The van der Waals surface area contributed by atoms with E-state index >= 15 is 0 Å². The lowest BCUT2D eigenvalue weighted by Crippen LogP contribution is -2.41. The SMILES string of the molecule is CC(NC(C)C(C)N)c1cccc([N+](=O)[O-])c1. The van der Waals surface area contributed by atoms with E-state index in [9.17, 15) is 10.1 Å². The average Bonchev–Trinajstić information content (AvgIpc) is 2.28. The van der Waals surface area contributed by atoms with Crippen LogP contribution in [0.15, 0.2) is 24.3 Å². The Hall–Kier alpha value is -1.46. The van der Waals surface area contributed by atoms with Crippen LogP contribution in [0, 0.1) is 10.1 Å². The molecule has 0 aliphatic heterocycles. The normalized spacial score (nSPS) is 16.2. The van der Waals surface area contributed by atoms with E-state index in [1.165, 1.54) is 6.07 Å². The van der Waals surface area contributed by atoms with Crippen LogP contribution < -0.4 is 11.1 Å². The Morgan fingerprint density at radius 3 is 2.53 bits per heavy atom. The van der Waals surface area contributed by atoms with E-state index in [1.54, 1.807) is 12.1 Å². The molecule has 1 aromatic rings. The van der Waals surface area contributed by atoms with Crippen LogP contribution in [-0.2, 0) is 0 Å². The van der Waals surface area contributed by atoms with Crippen molar-refractivity contribution in [3.63, 3.8) is 0 Å². The first-order valence-corrected chi connectivity index (χ1v) is 5.67. The largest absolute Gasteiger partial charge is 0.327 e. The smallest absolute Gasteiger partial charge is 0.269 e. The molecule has 1 aromatic carbocycles. The lowest BCUT2D eigenvalue weighted by molar-refractivity contribution is -0.384. The number of nitro groups is 1. The summed E-state index contributed by atoms with van der Waals surface area (Å²) in [5, 5.41) is 14.0. The molecule has 3 N–H and O–H groups in total. The number of nitrogens with zero attached hydrogens (tertiary/aromatic N) is 1. The van der Waals surface area contributed by atoms with Crippen molar-refractivity contribution in [3.05, 3.63) is 39.9 Å². The molecule has 0 amide bonds. The zero-order valence-corrected chi connectivity index (χ0v) is 10.4. The van der Waals surface area contributed by atoms with Gasteiger partial charge in [0.2, 0.25) is 0 Å². The third-order valence-electron chi connectivity index (χ3n) is 2.88. The molecule has 0 radical (unpaired) electrons. The van der Waals surface area contributed by atoms with Gasteiger partial charge in [0.05, 0.1) is 4.92 Å². The van der Waals surface area contributed by atoms with Crippen molar-refractivity contribution in [2.45, 2.75) is 38.9 Å².